The molecular weight excluding hydrogens is 280 g/mol. The molecule has 5 nitrogen and oxygen atoms in total. The van der Waals surface area contributed by atoms with Crippen LogP contribution in [-0.2, 0) is 14.3 Å². The highest BCUT2D eigenvalue weighted by atomic mass is 16.5. The van der Waals surface area contributed by atoms with Crippen molar-refractivity contribution in [1.29, 1.82) is 0 Å². The van der Waals surface area contributed by atoms with E-state index >= 15 is 0 Å². The van der Waals surface area contributed by atoms with E-state index < -0.39 is 11.9 Å². The van der Waals surface area contributed by atoms with Gasteiger partial charge in [0.15, 0.2) is 6.04 Å². The maximum atomic E-state index is 11.6. The third-order valence-electron chi connectivity index (χ3n) is 3.81. The Morgan fingerprint density at radius 3 is 1.95 bits per heavy atom. The van der Waals surface area contributed by atoms with E-state index in [0.717, 1.165) is 12.8 Å². The topological polar surface area (TPSA) is 97.0 Å². The van der Waals surface area contributed by atoms with Crippen LogP contribution in [0.15, 0.2) is 0 Å². The number of amides is 1. The molecule has 0 aliphatic heterocycles. The minimum Gasteiger partial charge on any atom is -0.461 e. The second-order valence-corrected chi connectivity index (χ2v) is 6.05. The number of ether oxygens (including phenoxy) is 1. The lowest BCUT2D eigenvalue weighted by Gasteiger charge is -2.08. The van der Waals surface area contributed by atoms with Crippen LogP contribution in [0.2, 0.25) is 0 Å². The van der Waals surface area contributed by atoms with Gasteiger partial charge in [-0.2, -0.15) is 0 Å². The molecule has 1 unspecified atom stereocenters. The molecular formula is C17H35N2O3+. The summed E-state index contributed by atoms with van der Waals surface area (Å²) in [6.45, 7) is 2.69. The molecule has 0 saturated carbocycles. The number of carbonyl (C=O) groups is 2. The Balaban J connectivity index is 3.31. The van der Waals surface area contributed by atoms with Gasteiger partial charge in [-0.25, -0.2) is 4.79 Å². The molecule has 0 aliphatic carbocycles. The first kappa shape index (κ1) is 20.9. The standard InChI is InChI=1S/C17H34N2O3/c1-2-3-4-5-6-7-8-9-10-11-14-22-17(21)15(18)12-13-16(19)20/h15H,2-14,18H2,1H3,(H2,19,20)/p+1. The zero-order chi connectivity index (χ0) is 16.6. The van der Waals surface area contributed by atoms with Gasteiger partial charge in [-0.1, -0.05) is 64.7 Å². The smallest absolute Gasteiger partial charge is 0.364 e. The minimum absolute atomic E-state index is 0.182. The van der Waals surface area contributed by atoms with Gasteiger partial charge in [0.1, 0.15) is 0 Å². The maximum Gasteiger partial charge on any atom is 0.364 e. The highest BCUT2D eigenvalue weighted by molar-refractivity contribution is 5.77. The molecule has 0 aliphatic rings. The van der Waals surface area contributed by atoms with E-state index in [9.17, 15) is 9.59 Å². The van der Waals surface area contributed by atoms with Crippen LogP contribution in [0.4, 0.5) is 0 Å². The Bertz CT molecular complexity index is 296. The van der Waals surface area contributed by atoms with Crippen molar-refractivity contribution < 1.29 is 20.1 Å². The van der Waals surface area contributed by atoms with Crippen molar-refractivity contribution in [1.82, 2.24) is 0 Å². The van der Waals surface area contributed by atoms with Crippen molar-refractivity contribution in [3.8, 4) is 0 Å². The molecule has 0 radical (unpaired) electrons. The fourth-order valence-corrected chi connectivity index (χ4v) is 2.31. The molecule has 22 heavy (non-hydrogen) atoms. The quantitative estimate of drug-likeness (QED) is 0.358. The second-order valence-electron chi connectivity index (χ2n) is 6.05. The van der Waals surface area contributed by atoms with Crippen LogP contribution in [0, 0.1) is 0 Å². The number of hydrogen-bond acceptors (Lipinski definition) is 3. The van der Waals surface area contributed by atoms with Gasteiger partial charge in [-0.15, -0.1) is 0 Å². The molecule has 0 rings (SSSR count). The Morgan fingerprint density at radius 2 is 1.45 bits per heavy atom. The van der Waals surface area contributed by atoms with Crippen LogP contribution < -0.4 is 11.5 Å². The van der Waals surface area contributed by atoms with Crippen LogP contribution >= 0.6 is 0 Å². The first-order valence-electron chi connectivity index (χ1n) is 8.86. The summed E-state index contributed by atoms with van der Waals surface area (Å²) in [4.78, 5) is 22.2. The number of rotatable bonds is 15. The number of quaternary nitrogens is 1. The van der Waals surface area contributed by atoms with Crippen LogP contribution in [0.25, 0.3) is 0 Å². The third-order valence-corrected chi connectivity index (χ3v) is 3.81. The highest BCUT2D eigenvalue weighted by Gasteiger charge is 2.19. The Morgan fingerprint density at radius 1 is 0.955 bits per heavy atom. The molecule has 1 atom stereocenters. The Hall–Kier alpha value is -1.10. The van der Waals surface area contributed by atoms with E-state index in [0.29, 0.717) is 13.0 Å². The van der Waals surface area contributed by atoms with Crippen LogP contribution in [0.3, 0.4) is 0 Å². The summed E-state index contributed by atoms with van der Waals surface area (Å²) in [5, 5.41) is 0. The zero-order valence-electron chi connectivity index (χ0n) is 14.3. The predicted molar refractivity (Wildman–Crippen MR) is 87.9 cm³/mol. The van der Waals surface area contributed by atoms with Crippen molar-refractivity contribution >= 4 is 11.9 Å². The minimum atomic E-state index is -0.490. The summed E-state index contributed by atoms with van der Waals surface area (Å²) in [5.41, 5.74) is 8.73. The molecule has 0 fully saturated rings. The summed E-state index contributed by atoms with van der Waals surface area (Å²) in [7, 11) is 0. The van der Waals surface area contributed by atoms with Gasteiger partial charge in [-0.05, 0) is 6.42 Å². The molecule has 0 heterocycles. The number of nitrogens with two attached hydrogens (primary N) is 1. The van der Waals surface area contributed by atoms with Gasteiger partial charge in [0, 0.05) is 12.8 Å². The van der Waals surface area contributed by atoms with Crippen molar-refractivity contribution in [3.05, 3.63) is 0 Å². The van der Waals surface area contributed by atoms with E-state index in [1.807, 2.05) is 0 Å². The van der Waals surface area contributed by atoms with Crippen molar-refractivity contribution in [2.24, 2.45) is 5.73 Å². The predicted octanol–water partition coefficient (Wildman–Crippen LogP) is 2.33. The SMILES string of the molecule is CCCCCCCCCCCCOC(=O)C([NH3+])CCC(N)=O. The number of unbranched alkanes of at least 4 members (excludes halogenated alkanes) is 9. The van der Waals surface area contributed by atoms with E-state index in [4.69, 9.17) is 10.5 Å². The normalized spacial score (nSPS) is 12.1. The third kappa shape index (κ3) is 13.9. The summed E-state index contributed by atoms with van der Waals surface area (Å²) in [5.74, 6) is -0.728. The lowest BCUT2D eigenvalue weighted by molar-refractivity contribution is -0.409. The molecule has 5 heteroatoms. The van der Waals surface area contributed by atoms with Crippen molar-refractivity contribution in [2.75, 3.05) is 6.61 Å². The van der Waals surface area contributed by atoms with Crippen LogP contribution in [0.5, 0.6) is 0 Å². The highest BCUT2D eigenvalue weighted by Crippen LogP contribution is 2.10. The Kier molecular flexibility index (Phi) is 14.1. The van der Waals surface area contributed by atoms with Gasteiger partial charge in [0.2, 0.25) is 5.91 Å². The van der Waals surface area contributed by atoms with Crippen LogP contribution in [-0.4, -0.2) is 24.5 Å². The van der Waals surface area contributed by atoms with Gasteiger partial charge in [0.25, 0.3) is 0 Å². The molecule has 0 aromatic rings. The molecule has 0 aromatic carbocycles. The van der Waals surface area contributed by atoms with Crippen molar-refractivity contribution in [2.45, 2.75) is 90.0 Å². The monoisotopic (exact) mass is 315 g/mol. The fourth-order valence-electron chi connectivity index (χ4n) is 2.31. The summed E-state index contributed by atoms with van der Waals surface area (Å²) < 4.78 is 5.15. The summed E-state index contributed by atoms with van der Waals surface area (Å²) >= 11 is 0. The summed E-state index contributed by atoms with van der Waals surface area (Å²) in [6, 6.07) is -0.490. The first-order valence-corrected chi connectivity index (χ1v) is 8.86. The van der Waals surface area contributed by atoms with E-state index in [1.54, 1.807) is 0 Å². The molecule has 0 aromatic heterocycles. The average molecular weight is 315 g/mol. The Labute approximate surface area is 135 Å². The number of primary amides is 1. The van der Waals surface area contributed by atoms with Gasteiger partial charge in [0.05, 0.1) is 6.61 Å². The molecule has 0 bridgehead atoms. The van der Waals surface area contributed by atoms with Crippen LogP contribution in [0.1, 0.15) is 84.0 Å². The van der Waals surface area contributed by atoms with Gasteiger partial charge in [-0.3, -0.25) is 4.79 Å². The lowest BCUT2D eigenvalue weighted by atomic mass is 10.1. The van der Waals surface area contributed by atoms with E-state index in [2.05, 4.69) is 12.7 Å². The number of esters is 1. The molecule has 130 valence electrons. The second kappa shape index (κ2) is 14.8. The van der Waals surface area contributed by atoms with E-state index in [1.165, 1.54) is 51.4 Å². The molecule has 5 N–H and O–H groups in total. The molecule has 0 spiro atoms. The molecule has 1 amide bonds. The largest absolute Gasteiger partial charge is 0.461 e. The average Bonchev–Trinajstić information content (AvgIpc) is 2.49. The zero-order valence-corrected chi connectivity index (χ0v) is 14.3. The number of hydrogen-bond donors (Lipinski definition) is 2. The number of carbonyl (C=O) groups excluding carboxylic acids is 2. The van der Waals surface area contributed by atoms with Crippen molar-refractivity contribution in [3.63, 3.8) is 0 Å². The maximum absolute atomic E-state index is 11.6. The lowest BCUT2D eigenvalue weighted by Crippen LogP contribution is -2.65. The fraction of sp³-hybridized carbons (Fsp3) is 0.882. The first-order chi connectivity index (χ1) is 10.6. The van der Waals surface area contributed by atoms with Gasteiger partial charge < -0.3 is 16.2 Å². The molecule has 0 saturated heterocycles. The van der Waals surface area contributed by atoms with Gasteiger partial charge >= 0.3 is 5.97 Å². The van der Waals surface area contributed by atoms with E-state index in [-0.39, 0.29) is 12.4 Å². The summed E-state index contributed by atoms with van der Waals surface area (Å²) in [6.07, 6.45) is 13.1.